The second-order valence-corrected chi connectivity index (χ2v) is 10.3. The monoisotopic (exact) mass is 505 g/mol. The number of hydrogen-bond donors (Lipinski definition) is 0. The maximum absolute atomic E-state index is 13.0. The van der Waals surface area contributed by atoms with Gasteiger partial charge in [0.05, 0.1) is 12.5 Å². The fourth-order valence-electron chi connectivity index (χ4n) is 4.34. The summed E-state index contributed by atoms with van der Waals surface area (Å²) in [7, 11) is 0. The highest BCUT2D eigenvalue weighted by Crippen LogP contribution is 2.21. The van der Waals surface area contributed by atoms with Crippen LogP contribution >= 0.6 is 11.3 Å². The van der Waals surface area contributed by atoms with Gasteiger partial charge in [-0.1, -0.05) is 29.8 Å². The molecule has 8 heteroatoms. The third kappa shape index (κ3) is 6.18. The summed E-state index contributed by atoms with van der Waals surface area (Å²) >= 11 is 1.47. The van der Waals surface area contributed by atoms with Gasteiger partial charge in [0.25, 0.3) is 11.8 Å². The van der Waals surface area contributed by atoms with E-state index in [2.05, 4.69) is 4.99 Å². The molecule has 0 unspecified atom stereocenters. The molecule has 7 nitrogen and oxygen atoms in total. The lowest BCUT2D eigenvalue weighted by molar-refractivity contribution is -0.149. The fraction of sp³-hybridized carbons (Fsp3) is 0.357. The fourth-order valence-corrected chi connectivity index (χ4v) is 5.17. The second kappa shape index (κ2) is 11.5. The van der Waals surface area contributed by atoms with Crippen molar-refractivity contribution >= 4 is 29.1 Å². The van der Waals surface area contributed by atoms with Gasteiger partial charge in [0.2, 0.25) is 0 Å². The summed E-state index contributed by atoms with van der Waals surface area (Å²) in [5.74, 6) is -0.578. The van der Waals surface area contributed by atoms with Crippen LogP contribution in [0.5, 0.6) is 0 Å². The number of thiazole rings is 1. The summed E-state index contributed by atoms with van der Waals surface area (Å²) < 4.78 is 7.08. The Hall–Kier alpha value is -3.52. The molecule has 0 bridgehead atoms. The Balaban J connectivity index is 1.42. The van der Waals surface area contributed by atoms with E-state index in [1.54, 1.807) is 17.9 Å². The largest absolute Gasteiger partial charge is 0.466 e. The van der Waals surface area contributed by atoms with Gasteiger partial charge >= 0.3 is 5.97 Å². The molecule has 0 N–H and O–H groups in total. The van der Waals surface area contributed by atoms with E-state index in [0.717, 1.165) is 16.0 Å². The molecule has 0 radical (unpaired) electrons. The van der Waals surface area contributed by atoms with Crippen LogP contribution in [0.15, 0.2) is 59.7 Å². The summed E-state index contributed by atoms with van der Waals surface area (Å²) in [4.78, 5) is 45.5. The van der Waals surface area contributed by atoms with Crippen LogP contribution in [0.2, 0.25) is 0 Å². The van der Waals surface area contributed by atoms with Crippen molar-refractivity contribution in [1.82, 2.24) is 9.47 Å². The number of amides is 2. The van der Waals surface area contributed by atoms with Crippen molar-refractivity contribution in [2.24, 2.45) is 10.9 Å². The Bertz CT molecular complexity index is 1320. The van der Waals surface area contributed by atoms with Gasteiger partial charge in [0, 0.05) is 41.8 Å². The first kappa shape index (κ1) is 25.6. The maximum atomic E-state index is 13.0. The van der Waals surface area contributed by atoms with Gasteiger partial charge in [-0.05, 0) is 63.4 Å². The molecule has 1 saturated heterocycles. The Morgan fingerprint density at radius 2 is 1.75 bits per heavy atom. The molecule has 0 atom stereocenters. The van der Waals surface area contributed by atoms with Crippen molar-refractivity contribution in [2.45, 2.75) is 40.2 Å². The third-order valence-corrected chi connectivity index (χ3v) is 7.19. The first-order chi connectivity index (χ1) is 17.3. The van der Waals surface area contributed by atoms with Crippen molar-refractivity contribution in [3.05, 3.63) is 86.7 Å². The van der Waals surface area contributed by atoms with Crippen molar-refractivity contribution < 1.29 is 19.1 Å². The second-order valence-electron chi connectivity index (χ2n) is 9.05. The normalized spacial score (nSPS) is 14.6. The number of esters is 1. The van der Waals surface area contributed by atoms with Crippen molar-refractivity contribution in [3.63, 3.8) is 0 Å². The summed E-state index contributed by atoms with van der Waals surface area (Å²) in [5.41, 5.74) is 3.22. The summed E-state index contributed by atoms with van der Waals surface area (Å²) in [6, 6.07) is 15.0. The topological polar surface area (TPSA) is 81.0 Å². The number of ether oxygens (including phenoxy) is 1. The minimum Gasteiger partial charge on any atom is -0.466 e. The smallest absolute Gasteiger partial charge is 0.309 e. The SMILES string of the molecule is CCOC(=O)C1CCN(C(=O)c2ccc(Cn3cc(C)sc3=NC(=O)c3cccc(C)c3)cc2)CC1. The molecular formula is C28H31N3O4S. The predicted molar refractivity (Wildman–Crippen MR) is 139 cm³/mol. The molecule has 2 aromatic carbocycles. The van der Waals surface area contributed by atoms with E-state index in [0.29, 0.717) is 55.0 Å². The Kier molecular flexibility index (Phi) is 8.15. The van der Waals surface area contributed by atoms with E-state index in [4.69, 9.17) is 4.74 Å². The molecular weight excluding hydrogens is 474 g/mol. The number of carbonyl (C=O) groups excluding carboxylic acids is 3. The van der Waals surface area contributed by atoms with E-state index in [-0.39, 0.29) is 23.7 Å². The Morgan fingerprint density at radius 1 is 1.03 bits per heavy atom. The quantitative estimate of drug-likeness (QED) is 0.466. The summed E-state index contributed by atoms with van der Waals surface area (Å²) in [5, 5.41) is 0. The summed E-state index contributed by atoms with van der Waals surface area (Å²) in [6.45, 7) is 7.77. The zero-order valence-electron chi connectivity index (χ0n) is 20.9. The molecule has 2 amide bonds. The number of aromatic nitrogens is 1. The molecule has 2 heterocycles. The molecule has 1 aromatic heterocycles. The van der Waals surface area contributed by atoms with Gasteiger partial charge in [0.1, 0.15) is 0 Å². The van der Waals surface area contributed by atoms with Crippen LogP contribution in [0, 0.1) is 19.8 Å². The number of aryl methyl sites for hydroxylation is 2. The van der Waals surface area contributed by atoms with E-state index in [9.17, 15) is 14.4 Å². The predicted octanol–water partition coefficient (Wildman–Crippen LogP) is 4.37. The van der Waals surface area contributed by atoms with Gasteiger partial charge in [-0.15, -0.1) is 11.3 Å². The lowest BCUT2D eigenvalue weighted by Gasteiger charge is -2.31. The van der Waals surface area contributed by atoms with Crippen LogP contribution in [0.25, 0.3) is 0 Å². The molecule has 0 aliphatic carbocycles. The lowest BCUT2D eigenvalue weighted by Crippen LogP contribution is -2.40. The van der Waals surface area contributed by atoms with Gasteiger partial charge in [-0.3, -0.25) is 14.4 Å². The van der Waals surface area contributed by atoms with Crippen molar-refractivity contribution in [2.75, 3.05) is 19.7 Å². The maximum Gasteiger partial charge on any atom is 0.309 e. The molecule has 0 saturated carbocycles. The highest BCUT2D eigenvalue weighted by atomic mass is 32.1. The standard InChI is InChI=1S/C28H31N3O4S/c1-4-35-27(34)23-12-14-30(15-13-23)26(33)22-10-8-21(9-11-22)18-31-17-20(3)36-28(31)29-25(32)24-7-5-6-19(2)16-24/h5-11,16-17,23H,4,12-15,18H2,1-3H3. The van der Waals surface area contributed by atoms with E-state index in [1.807, 2.05) is 67.1 Å². The molecule has 1 aliphatic rings. The number of benzene rings is 2. The Labute approximate surface area is 215 Å². The van der Waals surface area contributed by atoms with Crippen LogP contribution in [-0.4, -0.2) is 46.9 Å². The Morgan fingerprint density at radius 3 is 2.42 bits per heavy atom. The van der Waals surface area contributed by atoms with Gasteiger partial charge in [-0.2, -0.15) is 4.99 Å². The van der Waals surface area contributed by atoms with E-state index >= 15 is 0 Å². The number of nitrogens with zero attached hydrogens (tertiary/aromatic N) is 3. The number of piperidine rings is 1. The van der Waals surface area contributed by atoms with E-state index < -0.39 is 0 Å². The average Bonchev–Trinajstić information content (AvgIpc) is 3.22. The zero-order valence-corrected chi connectivity index (χ0v) is 21.7. The minimum absolute atomic E-state index is 0.0256. The minimum atomic E-state index is -0.262. The first-order valence-corrected chi connectivity index (χ1v) is 13.0. The number of hydrogen-bond acceptors (Lipinski definition) is 5. The van der Waals surface area contributed by atoms with Gasteiger partial charge < -0.3 is 14.2 Å². The molecule has 4 rings (SSSR count). The highest BCUT2D eigenvalue weighted by molar-refractivity contribution is 7.09. The molecule has 3 aromatic rings. The molecule has 188 valence electrons. The molecule has 36 heavy (non-hydrogen) atoms. The lowest BCUT2D eigenvalue weighted by atomic mass is 9.96. The highest BCUT2D eigenvalue weighted by Gasteiger charge is 2.28. The number of likely N-dealkylation sites (tertiary alicyclic amines) is 1. The average molecular weight is 506 g/mol. The van der Waals surface area contributed by atoms with Gasteiger partial charge in [-0.25, -0.2) is 0 Å². The third-order valence-electron chi connectivity index (χ3n) is 6.25. The van der Waals surface area contributed by atoms with E-state index in [1.165, 1.54) is 11.3 Å². The summed E-state index contributed by atoms with van der Waals surface area (Å²) in [6.07, 6.45) is 3.24. The van der Waals surface area contributed by atoms with Crippen LogP contribution < -0.4 is 4.80 Å². The first-order valence-electron chi connectivity index (χ1n) is 12.2. The van der Waals surface area contributed by atoms with Crippen LogP contribution in [-0.2, 0) is 16.1 Å². The number of rotatable bonds is 6. The molecule has 1 aliphatic heterocycles. The molecule has 0 spiro atoms. The van der Waals surface area contributed by atoms with Crippen LogP contribution in [0.4, 0.5) is 0 Å². The van der Waals surface area contributed by atoms with Crippen molar-refractivity contribution in [3.8, 4) is 0 Å². The van der Waals surface area contributed by atoms with Crippen LogP contribution in [0.1, 0.15) is 56.5 Å². The molecule has 1 fully saturated rings. The van der Waals surface area contributed by atoms with Gasteiger partial charge in [0.15, 0.2) is 4.80 Å². The van der Waals surface area contributed by atoms with Crippen LogP contribution in [0.3, 0.4) is 0 Å². The zero-order chi connectivity index (χ0) is 25.7. The number of carbonyl (C=O) groups is 3. The van der Waals surface area contributed by atoms with Crippen molar-refractivity contribution in [1.29, 1.82) is 0 Å².